The SMILES string of the molecule is C[C@@H](c1ccco1)N(C)S(=O)(=O)Cc1cccc([N+](=O)[O-])c1. The van der Waals surface area contributed by atoms with Crippen LogP contribution in [0.25, 0.3) is 0 Å². The third-order valence-electron chi connectivity index (χ3n) is 3.41. The van der Waals surface area contributed by atoms with Crippen LogP contribution in [-0.4, -0.2) is 24.7 Å². The molecule has 0 N–H and O–H groups in total. The van der Waals surface area contributed by atoms with Crippen LogP contribution in [0.1, 0.15) is 24.3 Å². The number of hydrogen-bond donors (Lipinski definition) is 0. The Morgan fingerprint density at radius 3 is 2.64 bits per heavy atom. The van der Waals surface area contributed by atoms with Crippen LogP contribution in [-0.2, 0) is 15.8 Å². The second-order valence-corrected chi connectivity index (χ2v) is 6.92. The maximum atomic E-state index is 12.4. The Hall–Kier alpha value is -2.19. The van der Waals surface area contributed by atoms with Gasteiger partial charge in [0.15, 0.2) is 0 Å². The summed E-state index contributed by atoms with van der Waals surface area (Å²) in [6.45, 7) is 1.71. The first-order valence-corrected chi connectivity index (χ1v) is 8.14. The van der Waals surface area contributed by atoms with Crippen molar-refractivity contribution in [2.75, 3.05) is 7.05 Å². The van der Waals surface area contributed by atoms with Crippen LogP contribution in [0.15, 0.2) is 47.1 Å². The van der Waals surface area contributed by atoms with Crippen LogP contribution >= 0.6 is 0 Å². The van der Waals surface area contributed by atoms with E-state index in [1.165, 1.54) is 35.8 Å². The maximum Gasteiger partial charge on any atom is 0.269 e. The van der Waals surface area contributed by atoms with Crippen molar-refractivity contribution in [2.45, 2.75) is 18.7 Å². The quantitative estimate of drug-likeness (QED) is 0.601. The number of sulfonamides is 1. The number of benzene rings is 1. The fourth-order valence-corrected chi connectivity index (χ4v) is 3.41. The lowest BCUT2D eigenvalue weighted by Crippen LogP contribution is -2.30. The Kier molecular flexibility index (Phi) is 4.62. The minimum absolute atomic E-state index is 0.130. The van der Waals surface area contributed by atoms with Crippen molar-refractivity contribution >= 4 is 15.7 Å². The average molecular weight is 324 g/mol. The van der Waals surface area contributed by atoms with Gasteiger partial charge < -0.3 is 4.42 Å². The van der Waals surface area contributed by atoms with Gasteiger partial charge in [0.05, 0.1) is 23.0 Å². The van der Waals surface area contributed by atoms with Crippen molar-refractivity contribution in [1.82, 2.24) is 4.31 Å². The number of nitro benzene ring substituents is 1. The van der Waals surface area contributed by atoms with Gasteiger partial charge in [0.2, 0.25) is 10.0 Å². The molecule has 8 heteroatoms. The minimum atomic E-state index is -3.63. The highest BCUT2D eigenvalue weighted by Crippen LogP contribution is 2.24. The Bertz CT molecular complexity index is 755. The van der Waals surface area contributed by atoms with Crippen LogP contribution in [0.4, 0.5) is 5.69 Å². The molecule has 7 nitrogen and oxygen atoms in total. The van der Waals surface area contributed by atoms with Crippen molar-refractivity contribution in [2.24, 2.45) is 0 Å². The van der Waals surface area contributed by atoms with E-state index in [9.17, 15) is 18.5 Å². The topological polar surface area (TPSA) is 93.7 Å². The molecule has 0 aliphatic carbocycles. The van der Waals surface area contributed by atoms with E-state index in [1.54, 1.807) is 25.1 Å². The van der Waals surface area contributed by atoms with Crippen molar-refractivity contribution in [3.05, 3.63) is 64.1 Å². The molecule has 1 aromatic carbocycles. The molecular formula is C14H16N2O5S. The zero-order valence-corrected chi connectivity index (χ0v) is 13.0. The summed E-state index contributed by atoms with van der Waals surface area (Å²) in [5.41, 5.74) is 0.238. The molecule has 1 aromatic heterocycles. The molecule has 0 bridgehead atoms. The van der Waals surface area contributed by atoms with Crippen LogP contribution in [0.3, 0.4) is 0 Å². The van der Waals surface area contributed by atoms with E-state index >= 15 is 0 Å². The van der Waals surface area contributed by atoms with Crippen molar-refractivity contribution in [3.63, 3.8) is 0 Å². The highest BCUT2D eigenvalue weighted by Gasteiger charge is 2.26. The summed E-state index contributed by atoms with van der Waals surface area (Å²) in [4.78, 5) is 10.2. The predicted octanol–water partition coefficient (Wildman–Crippen LogP) is 2.71. The molecule has 0 saturated carbocycles. The monoisotopic (exact) mass is 324 g/mol. The second kappa shape index (κ2) is 6.29. The fraction of sp³-hybridized carbons (Fsp3) is 0.286. The number of non-ortho nitro benzene ring substituents is 1. The van der Waals surface area contributed by atoms with Crippen LogP contribution in [0, 0.1) is 10.1 Å². The first-order valence-electron chi connectivity index (χ1n) is 6.53. The Balaban J connectivity index is 2.20. The summed E-state index contributed by atoms with van der Waals surface area (Å²) in [5, 5.41) is 10.7. The highest BCUT2D eigenvalue weighted by atomic mass is 32.2. The van der Waals surface area contributed by atoms with Gasteiger partial charge in [-0.15, -0.1) is 0 Å². The minimum Gasteiger partial charge on any atom is -0.468 e. The summed E-state index contributed by atoms with van der Waals surface area (Å²) in [5.74, 6) is 0.223. The van der Waals surface area contributed by atoms with Gasteiger partial charge in [-0.2, -0.15) is 4.31 Å². The molecule has 2 rings (SSSR count). The fourth-order valence-electron chi connectivity index (χ4n) is 2.02. The van der Waals surface area contributed by atoms with Crippen LogP contribution in [0.5, 0.6) is 0 Å². The molecule has 0 aliphatic heterocycles. The van der Waals surface area contributed by atoms with Gasteiger partial charge in [-0.05, 0) is 24.6 Å². The van der Waals surface area contributed by atoms with Gasteiger partial charge >= 0.3 is 0 Å². The van der Waals surface area contributed by atoms with Gasteiger partial charge in [-0.25, -0.2) is 8.42 Å². The molecule has 0 radical (unpaired) electrons. The lowest BCUT2D eigenvalue weighted by atomic mass is 10.2. The molecule has 1 heterocycles. The summed E-state index contributed by atoms with van der Waals surface area (Å²) in [7, 11) is -2.17. The molecule has 118 valence electrons. The first kappa shape index (κ1) is 16.2. The lowest BCUT2D eigenvalue weighted by Gasteiger charge is -2.22. The van der Waals surface area contributed by atoms with E-state index in [2.05, 4.69) is 0 Å². The van der Waals surface area contributed by atoms with Gasteiger partial charge in [0.1, 0.15) is 5.76 Å². The smallest absolute Gasteiger partial charge is 0.269 e. The molecule has 0 unspecified atom stereocenters. The standard InChI is InChI=1S/C14H16N2O5S/c1-11(14-7-4-8-21-14)15(2)22(19,20)10-12-5-3-6-13(9-12)16(17)18/h3-9,11H,10H2,1-2H3/t11-/m0/s1. The molecule has 0 aliphatic rings. The molecule has 0 spiro atoms. The molecule has 2 aromatic rings. The lowest BCUT2D eigenvalue weighted by molar-refractivity contribution is -0.384. The molecule has 22 heavy (non-hydrogen) atoms. The molecule has 1 atom stereocenters. The number of furan rings is 1. The second-order valence-electron chi connectivity index (χ2n) is 4.89. The van der Waals surface area contributed by atoms with E-state index in [-0.39, 0.29) is 11.4 Å². The van der Waals surface area contributed by atoms with Crippen molar-refractivity contribution < 1.29 is 17.8 Å². The van der Waals surface area contributed by atoms with Crippen LogP contribution < -0.4 is 0 Å². The maximum absolute atomic E-state index is 12.4. The van der Waals surface area contributed by atoms with Gasteiger partial charge in [-0.1, -0.05) is 12.1 Å². The Morgan fingerprint density at radius 2 is 2.05 bits per heavy atom. The predicted molar refractivity (Wildman–Crippen MR) is 80.6 cm³/mol. The molecule has 0 fully saturated rings. The van der Waals surface area contributed by atoms with Crippen molar-refractivity contribution in [3.8, 4) is 0 Å². The van der Waals surface area contributed by atoms with Gasteiger partial charge in [0, 0.05) is 19.2 Å². The van der Waals surface area contributed by atoms with E-state index in [4.69, 9.17) is 4.42 Å². The zero-order chi connectivity index (χ0) is 16.3. The van der Waals surface area contributed by atoms with Crippen molar-refractivity contribution in [1.29, 1.82) is 0 Å². The molecular weight excluding hydrogens is 308 g/mol. The third kappa shape index (κ3) is 3.52. The Morgan fingerprint density at radius 1 is 1.32 bits per heavy atom. The summed E-state index contributed by atoms with van der Waals surface area (Å²) in [6.07, 6.45) is 1.48. The average Bonchev–Trinajstić information content (AvgIpc) is 2.99. The summed E-state index contributed by atoms with van der Waals surface area (Å²) in [6, 6.07) is 8.54. The summed E-state index contributed by atoms with van der Waals surface area (Å²) >= 11 is 0. The highest BCUT2D eigenvalue weighted by molar-refractivity contribution is 7.88. The van der Waals surface area contributed by atoms with Crippen LogP contribution in [0.2, 0.25) is 0 Å². The number of rotatable bonds is 6. The summed E-state index contributed by atoms with van der Waals surface area (Å²) < 4.78 is 31.3. The van der Waals surface area contributed by atoms with E-state index in [0.717, 1.165) is 0 Å². The molecule has 0 saturated heterocycles. The molecule has 0 amide bonds. The van der Waals surface area contributed by atoms with Gasteiger partial charge in [-0.3, -0.25) is 10.1 Å². The zero-order valence-electron chi connectivity index (χ0n) is 12.2. The third-order valence-corrected chi connectivity index (χ3v) is 5.30. The number of nitro groups is 1. The van der Waals surface area contributed by atoms with E-state index in [1.807, 2.05) is 0 Å². The van der Waals surface area contributed by atoms with E-state index < -0.39 is 21.0 Å². The number of nitrogens with zero attached hydrogens (tertiary/aromatic N) is 2. The first-order chi connectivity index (χ1) is 10.3. The number of hydrogen-bond acceptors (Lipinski definition) is 5. The Labute approximate surface area is 128 Å². The largest absolute Gasteiger partial charge is 0.468 e. The van der Waals surface area contributed by atoms with Gasteiger partial charge in [0.25, 0.3) is 5.69 Å². The van der Waals surface area contributed by atoms with E-state index in [0.29, 0.717) is 11.3 Å². The normalized spacial score (nSPS) is 13.2.